The monoisotopic (exact) mass is 395 g/mol. The molecule has 1 aromatic carbocycles. The van der Waals surface area contributed by atoms with Gasteiger partial charge in [-0.05, 0) is 31.0 Å². The van der Waals surface area contributed by atoms with Gasteiger partial charge in [-0.25, -0.2) is 9.97 Å². The lowest BCUT2D eigenvalue weighted by Crippen LogP contribution is -2.06. The Bertz CT molecular complexity index is 1210. The van der Waals surface area contributed by atoms with Crippen molar-refractivity contribution in [1.82, 2.24) is 15.0 Å². The first-order valence-electron chi connectivity index (χ1n) is 8.95. The number of pyridine rings is 1. The Hall–Kier alpha value is -2.18. The summed E-state index contributed by atoms with van der Waals surface area (Å²) in [6.07, 6.45) is 0. The van der Waals surface area contributed by atoms with Crippen molar-refractivity contribution in [3.63, 3.8) is 0 Å². The maximum absolute atomic E-state index is 12.0. The number of nitrogens with zero attached hydrogens (tertiary/aromatic N) is 2. The van der Waals surface area contributed by atoms with Gasteiger partial charge < -0.3 is 4.98 Å². The van der Waals surface area contributed by atoms with Crippen LogP contribution in [0.1, 0.15) is 41.6 Å². The maximum atomic E-state index is 12.0. The summed E-state index contributed by atoms with van der Waals surface area (Å²) in [6, 6.07) is 9.63. The highest BCUT2D eigenvalue weighted by Crippen LogP contribution is 2.37. The Morgan fingerprint density at radius 3 is 2.74 bits per heavy atom. The minimum atomic E-state index is -0.0671. The lowest BCUT2D eigenvalue weighted by molar-refractivity contribution is 0.767. The number of aromatic nitrogens is 3. The first kappa shape index (κ1) is 18.2. The van der Waals surface area contributed by atoms with E-state index in [-0.39, 0.29) is 11.5 Å². The summed E-state index contributed by atoms with van der Waals surface area (Å²) in [5.74, 6) is 1.85. The lowest BCUT2D eigenvalue weighted by Gasteiger charge is -2.10. The van der Waals surface area contributed by atoms with Crippen LogP contribution in [-0.4, -0.2) is 15.0 Å². The van der Waals surface area contributed by atoms with Crippen molar-refractivity contribution in [3.8, 4) is 0 Å². The molecule has 0 aliphatic heterocycles. The molecule has 0 bridgehead atoms. The van der Waals surface area contributed by atoms with Crippen molar-refractivity contribution in [2.75, 3.05) is 0 Å². The third kappa shape index (κ3) is 3.39. The molecule has 0 unspecified atom stereocenters. The molecule has 3 heterocycles. The molecule has 6 heteroatoms. The third-order valence-corrected chi connectivity index (χ3v) is 6.86. The van der Waals surface area contributed by atoms with Crippen LogP contribution in [0.3, 0.4) is 0 Å². The normalized spacial score (nSPS) is 11.7. The molecular weight excluding hydrogens is 374 g/mol. The lowest BCUT2D eigenvalue weighted by atomic mass is 10.1. The Kier molecular flexibility index (Phi) is 4.78. The molecule has 4 nitrogen and oxygen atoms in total. The molecule has 3 aromatic heterocycles. The predicted octanol–water partition coefficient (Wildman–Crippen LogP) is 5.57. The van der Waals surface area contributed by atoms with Gasteiger partial charge >= 0.3 is 0 Å². The van der Waals surface area contributed by atoms with E-state index < -0.39 is 0 Å². The molecule has 0 saturated heterocycles. The summed E-state index contributed by atoms with van der Waals surface area (Å²) in [7, 11) is 0. The van der Waals surface area contributed by atoms with Gasteiger partial charge in [0.25, 0.3) is 0 Å². The summed E-state index contributed by atoms with van der Waals surface area (Å²) in [6.45, 7) is 8.51. The second-order valence-corrected chi connectivity index (χ2v) is 9.17. The van der Waals surface area contributed by atoms with Crippen LogP contribution in [0.25, 0.3) is 21.1 Å². The molecular formula is C21H21N3OS2. The zero-order chi connectivity index (χ0) is 19.1. The van der Waals surface area contributed by atoms with Gasteiger partial charge in [0, 0.05) is 38.9 Å². The van der Waals surface area contributed by atoms with Crippen LogP contribution in [0.15, 0.2) is 40.2 Å². The van der Waals surface area contributed by atoms with Gasteiger partial charge in [0.1, 0.15) is 15.7 Å². The molecule has 0 radical (unpaired) electrons. The van der Waals surface area contributed by atoms with E-state index in [1.54, 1.807) is 29.2 Å². The number of rotatable bonds is 4. The van der Waals surface area contributed by atoms with E-state index in [1.165, 1.54) is 10.4 Å². The molecule has 0 aliphatic rings. The van der Waals surface area contributed by atoms with E-state index in [9.17, 15) is 4.79 Å². The number of thioether (sulfide) groups is 1. The fourth-order valence-corrected chi connectivity index (χ4v) is 5.32. The van der Waals surface area contributed by atoms with Gasteiger partial charge in [-0.1, -0.05) is 32.0 Å². The number of aryl methyl sites for hydroxylation is 2. The third-order valence-electron chi connectivity index (χ3n) is 4.73. The van der Waals surface area contributed by atoms with E-state index in [0.29, 0.717) is 5.75 Å². The SMILES string of the molecule is Cc1sc2nc(C(C)C)nc(SCc3cc(=O)[nH]c4ccccc34)c2c1C. The van der Waals surface area contributed by atoms with Crippen LogP contribution < -0.4 is 5.56 Å². The Balaban J connectivity index is 1.79. The molecule has 0 saturated carbocycles. The molecule has 0 fully saturated rings. The average molecular weight is 396 g/mol. The molecule has 0 amide bonds. The average Bonchev–Trinajstić information content (AvgIpc) is 2.93. The van der Waals surface area contributed by atoms with E-state index in [4.69, 9.17) is 9.97 Å². The van der Waals surface area contributed by atoms with Crippen molar-refractivity contribution in [3.05, 3.63) is 62.5 Å². The number of hydrogen-bond acceptors (Lipinski definition) is 5. The number of thiophene rings is 1. The zero-order valence-corrected chi connectivity index (χ0v) is 17.4. The van der Waals surface area contributed by atoms with Crippen molar-refractivity contribution in [2.45, 2.75) is 44.4 Å². The van der Waals surface area contributed by atoms with Crippen LogP contribution in [0.2, 0.25) is 0 Å². The van der Waals surface area contributed by atoms with E-state index in [1.807, 2.05) is 18.2 Å². The van der Waals surface area contributed by atoms with Gasteiger partial charge in [-0.15, -0.1) is 23.1 Å². The first-order valence-corrected chi connectivity index (χ1v) is 10.8. The van der Waals surface area contributed by atoms with E-state index in [0.717, 1.165) is 37.5 Å². The summed E-state index contributed by atoms with van der Waals surface area (Å²) < 4.78 is 0. The summed E-state index contributed by atoms with van der Waals surface area (Å²) in [5, 5.41) is 3.24. The predicted molar refractivity (Wildman–Crippen MR) is 115 cm³/mol. The van der Waals surface area contributed by atoms with Gasteiger partial charge in [-0.3, -0.25) is 4.79 Å². The number of H-pyrrole nitrogens is 1. The molecule has 4 aromatic rings. The molecule has 0 atom stereocenters. The van der Waals surface area contributed by atoms with E-state index in [2.05, 4.69) is 38.7 Å². The van der Waals surface area contributed by atoms with Crippen LogP contribution in [0, 0.1) is 13.8 Å². The highest BCUT2D eigenvalue weighted by Gasteiger charge is 2.17. The molecule has 4 rings (SSSR count). The fourth-order valence-electron chi connectivity index (χ4n) is 3.13. The quantitative estimate of drug-likeness (QED) is 0.363. The standard InChI is InChI=1S/C21H21N3OS2/c1-11(2)19-23-20(18-12(3)13(4)27-21(18)24-19)26-10-14-9-17(25)22-16-8-6-5-7-15(14)16/h5-9,11H,10H2,1-4H3,(H,22,25). The largest absolute Gasteiger partial charge is 0.322 e. The fraction of sp³-hybridized carbons (Fsp3) is 0.286. The summed E-state index contributed by atoms with van der Waals surface area (Å²) >= 11 is 3.42. The zero-order valence-electron chi connectivity index (χ0n) is 15.8. The maximum Gasteiger partial charge on any atom is 0.248 e. The second kappa shape index (κ2) is 7.09. The number of nitrogens with one attached hydrogen (secondary N) is 1. The highest BCUT2D eigenvalue weighted by molar-refractivity contribution is 7.98. The highest BCUT2D eigenvalue weighted by atomic mass is 32.2. The van der Waals surface area contributed by atoms with Crippen molar-refractivity contribution in [2.24, 2.45) is 0 Å². The van der Waals surface area contributed by atoms with E-state index >= 15 is 0 Å². The van der Waals surface area contributed by atoms with Crippen molar-refractivity contribution < 1.29 is 0 Å². The number of hydrogen-bond donors (Lipinski definition) is 1. The number of fused-ring (bicyclic) bond motifs is 2. The Morgan fingerprint density at radius 1 is 1.19 bits per heavy atom. The molecule has 0 aliphatic carbocycles. The molecule has 138 valence electrons. The van der Waals surface area contributed by atoms with Gasteiger partial charge in [0.2, 0.25) is 5.56 Å². The van der Waals surface area contributed by atoms with Crippen molar-refractivity contribution in [1.29, 1.82) is 0 Å². The van der Waals surface area contributed by atoms with Crippen LogP contribution in [-0.2, 0) is 5.75 Å². The van der Waals surface area contributed by atoms with Crippen LogP contribution in [0.5, 0.6) is 0 Å². The van der Waals surface area contributed by atoms with Gasteiger partial charge in [-0.2, -0.15) is 0 Å². The molecule has 27 heavy (non-hydrogen) atoms. The molecule has 0 spiro atoms. The molecule has 1 N–H and O–H groups in total. The Labute approximate surface area is 166 Å². The topological polar surface area (TPSA) is 58.6 Å². The summed E-state index contributed by atoms with van der Waals surface area (Å²) in [5.41, 5.74) is 3.09. The van der Waals surface area contributed by atoms with Crippen LogP contribution in [0.4, 0.5) is 0 Å². The second-order valence-electron chi connectivity index (χ2n) is 7.00. The van der Waals surface area contributed by atoms with Crippen LogP contribution >= 0.6 is 23.1 Å². The Morgan fingerprint density at radius 2 is 1.96 bits per heavy atom. The number of aromatic amines is 1. The van der Waals surface area contributed by atoms with Crippen molar-refractivity contribution >= 4 is 44.2 Å². The minimum Gasteiger partial charge on any atom is -0.322 e. The minimum absolute atomic E-state index is 0.0671. The van der Waals surface area contributed by atoms with Gasteiger partial charge in [0.15, 0.2) is 0 Å². The number of para-hydroxylation sites is 1. The smallest absolute Gasteiger partial charge is 0.248 e. The first-order chi connectivity index (χ1) is 12.9. The van der Waals surface area contributed by atoms with Gasteiger partial charge in [0.05, 0.1) is 0 Å². The number of benzene rings is 1. The summed E-state index contributed by atoms with van der Waals surface area (Å²) in [4.78, 5) is 26.9.